The lowest BCUT2D eigenvalue weighted by atomic mass is 10.2. The lowest BCUT2D eigenvalue weighted by Gasteiger charge is -2.08. The average Bonchev–Trinajstić information content (AvgIpc) is 2.29. The molecule has 0 unspecified atom stereocenters. The summed E-state index contributed by atoms with van der Waals surface area (Å²) in [7, 11) is 0. The minimum absolute atomic E-state index is 0.0105. The molecule has 1 heterocycles. The zero-order valence-corrected chi connectivity index (χ0v) is 11.8. The van der Waals surface area contributed by atoms with E-state index in [1.807, 2.05) is 13.8 Å². The van der Waals surface area contributed by atoms with Gasteiger partial charge in [-0.25, -0.2) is 4.98 Å². The second kappa shape index (κ2) is 7.27. The van der Waals surface area contributed by atoms with Crippen LogP contribution in [0.25, 0.3) is 0 Å². The fourth-order valence-corrected chi connectivity index (χ4v) is 1.49. The molecule has 0 aliphatic carbocycles. The highest BCUT2D eigenvalue weighted by atomic mass is 79.9. The molecule has 0 saturated carbocycles. The van der Waals surface area contributed by atoms with Crippen molar-refractivity contribution in [2.45, 2.75) is 13.8 Å². The molecule has 0 fully saturated rings. The fraction of sp³-hybridized carbons (Fsp3) is 0.545. The Morgan fingerprint density at radius 1 is 1.50 bits per heavy atom. The maximum absolute atomic E-state index is 10.8. The van der Waals surface area contributed by atoms with Crippen molar-refractivity contribution >= 4 is 21.6 Å². The SMILES string of the molecule is CC(C)COCCOc1ncc(Br)cc1[N+](=O)[O-]. The molecule has 100 valence electrons. The van der Waals surface area contributed by atoms with Crippen molar-refractivity contribution in [3.8, 4) is 5.88 Å². The zero-order chi connectivity index (χ0) is 13.5. The third kappa shape index (κ3) is 4.97. The largest absolute Gasteiger partial charge is 0.470 e. The molecule has 7 heteroatoms. The van der Waals surface area contributed by atoms with Crippen molar-refractivity contribution in [1.29, 1.82) is 0 Å². The summed E-state index contributed by atoms with van der Waals surface area (Å²) in [5, 5.41) is 10.8. The summed E-state index contributed by atoms with van der Waals surface area (Å²) in [6, 6.07) is 1.36. The number of hydrogen-bond acceptors (Lipinski definition) is 5. The Balaban J connectivity index is 2.49. The van der Waals surface area contributed by atoms with Crippen LogP contribution in [-0.4, -0.2) is 29.7 Å². The Morgan fingerprint density at radius 2 is 2.22 bits per heavy atom. The Labute approximate surface area is 114 Å². The molecule has 1 rings (SSSR count). The summed E-state index contributed by atoms with van der Waals surface area (Å²) in [5.74, 6) is 0.460. The first-order valence-corrected chi connectivity index (χ1v) is 6.30. The molecule has 6 nitrogen and oxygen atoms in total. The van der Waals surface area contributed by atoms with Gasteiger partial charge in [0, 0.05) is 23.3 Å². The van der Waals surface area contributed by atoms with E-state index in [0.717, 1.165) is 0 Å². The highest BCUT2D eigenvalue weighted by Gasteiger charge is 2.17. The van der Waals surface area contributed by atoms with Crippen LogP contribution in [0.2, 0.25) is 0 Å². The molecule has 0 aliphatic rings. The molecule has 0 spiro atoms. The molecule has 0 aliphatic heterocycles. The molecular weight excluding hydrogens is 304 g/mol. The van der Waals surface area contributed by atoms with Gasteiger partial charge in [-0.15, -0.1) is 0 Å². The van der Waals surface area contributed by atoms with Crippen LogP contribution in [0.15, 0.2) is 16.7 Å². The van der Waals surface area contributed by atoms with Crippen LogP contribution in [0, 0.1) is 16.0 Å². The maximum Gasteiger partial charge on any atom is 0.332 e. The molecule has 0 atom stereocenters. The highest BCUT2D eigenvalue weighted by molar-refractivity contribution is 9.10. The van der Waals surface area contributed by atoms with E-state index in [4.69, 9.17) is 9.47 Å². The summed E-state index contributed by atoms with van der Waals surface area (Å²) >= 11 is 3.13. The summed E-state index contributed by atoms with van der Waals surface area (Å²) in [4.78, 5) is 14.1. The van der Waals surface area contributed by atoms with Gasteiger partial charge in [-0.2, -0.15) is 0 Å². The first-order chi connectivity index (χ1) is 8.50. The van der Waals surface area contributed by atoms with E-state index in [9.17, 15) is 10.1 Å². The van der Waals surface area contributed by atoms with E-state index in [0.29, 0.717) is 23.6 Å². The first kappa shape index (κ1) is 14.8. The maximum atomic E-state index is 10.8. The van der Waals surface area contributed by atoms with Crippen LogP contribution in [0.3, 0.4) is 0 Å². The fourth-order valence-electron chi connectivity index (χ4n) is 1.17. The van der Waals surface area contributed by atoms with Gasteiger partial charge in [-0.1, -0.05) is 13.8 Å². The lowest BCUT2D eigenvalue weighted by molar-refractivity contribution is -0.386. The van der Waals surface area contributed by atoms with E-state index < -0.39 is 4.92 Å². The van der Waals surface area contributed by atoms with E-state index in [1.54, 1.807) is 0 Å². The van der Waals surface area contributed by atoms with Crippen LogP contribution < -0.4 is 4.74 Å². The van der Waals surface area contributed by atoms with Gasteiger partial charge in [0.25, 0.3) is 5.88 Å². The minimum atomic E-state index is -0.526. The molecule has 1 aromatic rings. The van der Waals surface area contributed by atoms with Gasteiger partial charge < -0.3 is 9.47 Å². The number of nitro groups is 1. The number of hydrogen-bond donors (Lipinski definition) is 0. The molecular formula is C11H15BrN2O4. The predicted octanol–water partition coefficient (Wildman–Crippen LogP) is 2.80. The predicted molar refractivity (Wildman–Crippen MR) is 69.7 cm³/mol. The van der Waals surface area contributed by atoms with E-state index >= 15 is 0 Å². The Bertz CT molecular complexity index is 412. The summed E-state index contributed by atoms with van der Waals surface area (Å²) < 4.78 is 11.1. The van der Waals surface area contributed by atoms with Crippen LogP contribution in [0.5, 0.6) is 5.88 Å². The first-order valence-electron chi connectivity index (χ1n) is 5.51. The third-order valence-corrected chi connectivity index (χ3v) is 2.35. The average molecular weight is 319 g/mol. The van der Waals surface area contributed by atoms with Gasteiger partial charge >= 0.3 is 5.69 Å². The van der Waals surface area contributed by atoms with Crippen molar-refractivity contribution in [3.63, 3.8) is 0 Å². The Kier molecular flexibility index (Phi) is 6.00. The van der Waals surface area contributed by atoms with Crippen molar-refractivity contribution in [2.75, 3.05) is 19.8 Å². The standard InChI is InChI=1S/C11H15BrN2O4/c1-8(2)7-17-3-4-18-11-10(14(15)16)5-9(12)6-13-11/h5-6,8H,3-4,7H2,1-2H3. The topological polar surface area (TPSA) is 74.5 Å². The van der Waals surface area contributed by atoms with Gasteiger partial charge in [0.05, 0.1) is 11.5 Å². The number of pyridine rings is 1. The number of aromatic nitrogens is 1. The lowest BCUT2D eigenvalue weighted by Crippen LogP contribution is -2.11. The molecule has 18 heavy (non-hydrogen) atoms. The van der Waals surface area contributed by atoms with Crippen molar-refractivity contribution in [2.24, 2.45) is 5.92 Å². The third-order valence-electron chi connectivity index (χ3n) is 1.91. The molecule has 0 bridgehead atoms. The normalized spacial score (nSPS) is 10.7. The monoisotopic (exact) mass is 318 g/mol. The smallest absolute Gasteiger partial charge is 0.332 e. The van der Waals surface area contributed by atoms with Crippen LogP contribution in [-0.2, 0) is 4.74 Å². The van der Waals surface area contributed by atoms with Crippen molar-refractivity contribution in [3.05, 3.63) is 26.9 Å². The van der Waals surface area contributed by atoms with E-state index in [1.165, 1.54) is 12.3 Å². The van der Waals surface area contributed by atoms with Gasteiger partial charge in [0.1, 0.15) is 6.61 Å². The minimum Gasteiger partial charge on any atom is -0.470 e. The second-order valence-electron chi connectivity index (χ2n) is 4.05. The molecule has 0 amide bonds. The van der Waals surface area contributed by atoms with Crippen molar-refractivity contribution in [1.82, 2.24) is 4.98 Å². The Hall–Kier alpha value is -1.21. The number of halogens is 1. The number of rotatable bonds is 7. The van der Waals surface area contributed by atoms with Gasteiger partial charge in [-0.05, 0) is 21.8 Å². The van der Waals surface area contributed by atoms with Gasteiger partial charge in [0.15, 0.2) is 0 Å². The van der Waals surface area contributed by atoms with Gasteiger partial charge in [0.2, 0.25) is 0 Å². The molecule has 1 aromatic heterocycles. The highest BCUT2D eigenvalue weighted by Crippen LogP contribution is 2.27. The molecule has 0 N–H and O–H groups in total. The number of ether oxygens (including phenoxy) is 2. The van der Waals surface area contributed by atoms with E-state index in [-0.39, 0.29) is 18.2 Å². The number of nitrogens with zero attached hydrogens (tertiary/aromatic N) is 2. The van der Waals surface area contributed by atoms with E-state index in [2.05, 4.69) is 20.9 Å². The molecule has 0 saturated heterocycles. The van der Waals surface area contributed by atoms with Crippen LogP contribution >= 0.6 is 15.9 Å². The summed E-state index contributed by atoms with van der Waals surface area (Å²) in [6.07, 6.45) is 1.46. The van der Waals surface area contributed by atoms with Crippen molar-refractivity contribution < 1.29 is 14.4 Å². The second-order valence-corrected chi connectivity index (χ2v) is 4.97. The zero-order valence-electron chi connectivity index (χ0n) is 10.3. The quantitative estimate of drug-likeness (QED) is 0.439. The summed E-state index contributed by atoms with van der Waals surface area (Å²) in [5.41, 5.74) is -0.159. The Morgan fingerprint density at radius 3 is 2.83 bits per heavy atom. The van der Waals surface area contributed by atoms with Crippen LogP contribution in [0.1, 0.15) is 13.8 Å². The van der Waals surface area contributed by atoms with Gasteiger partial charge in [-0.3, -0.25) is 10.1 Å². The summed E-state index contributed by atoms with van der Waals surface area (Å²) in [6.45, 7) is 5.35. The molecule has 0 aromatic carbocycles. The van der Waals surface area contributed by atoms with Crippen LogP contribution in [0.4, 0.5) is 5.69 Å². The molecule has 0 radical (unpaired) electrons.